The molecule has 114 valence electrons. The summed E-state index contributed by atoms with van der Waals surface area (Å²) in [5.74, 6) is -1.07. The number of aliphatic hydroxyl groups is 1. The summed E-state index contributed by atoms with van der Waals surface area (Å²) in [5.41, 5.74) is 0. The second-order valence-corrected chi connectivity index (χ2v) is 5.30. The number of likely N-dealkylation sites (N-methyl/N-ethyl adjacent to an activating group) is 1. The first-order valence-electron chi connectivity index (χ1n) is 6.56. The number of amides is 2. The first-order valence-corrected chi connectivity index (χ1v) is 6.56. The van der Waals surface area contributed by atoms with Crippen LogP contribution in [-0.2, 0) is 4.79 Å². The Morgan fingerprint density at radius 2 is 2.10 bits per heavy atom. The molecule has 0 spiro atoms. The summed E-state index contributed by atoms with van der Waals surface area (Å²) >= 11 is 0. The maximum Gasteiger partial charge on any atom is 0.323 e. The molecule has 0 saturated carbocycles. The number of carbonyl (C=O) groups is 2. The van der Waals surface area contributed by atoms with Crippen molar-refractivity contribution in [2.45, 2.75) is 18.6 Å². The minimum Gasteiger partial charge on any atom is -0.480 e. The maximum absolute atomic E-state index is 12.4. The Labute approximate surface area is 119 Å². The standard InChI is InChI=1S/C13H23N3O4/c1-4-5-15(9-12(18)19)13(20)16-8-11(17)6-10(16)7-14(2)3/h4,10-11,17H,1,5-9H2,2-3H3,(H,18,19). The number of carbonyl (C=O) groups excluding carboxylic acids is 1. The normalized spacial score (nSPS) is 22.1. The number of carboxylic acid groups (broad SMARTS) is 1. The van der Waals surface area contributed by atoms with E-state index in [1.807, 2.05) is 19.0 Å². The van der Waals surface area contributed by atoms with E-state index in [0.717, 1.165) is 0 Å². The van der Waals surface area contributed by atoms with Crippen LogP contribution in [0.5, 0.6) is 0 Å². The van der Waals surface area contributed by atoms with E-state index in [-0.39, 0.29) is 31.7 Å². The van der Waals surface area contributed by atoms with Gasteiger partial charge in [-0.2, -0.15) is 0 Å². The molecule has 1 saturated heterocycles. The Hall–Kier alpha value is -1.60. The lowest BCUT2D eigenvalue weighted by atomic mass is 10.2. The summed E-state index contributed by atoms with van der Waals surface area (Å²) in [5, 5.41) is 18.6. The fraction of sp³-hybridized carbons (Fsp3) is 0.692. The highest BCUT2D eigenvalue weighted by Gasteiger charge is 2.36. The molecule has 2 amide bonds. The number of likely N-dealkylation sites (tertiary alicyclic amines) is 1. The van der Waals surface area contributed by atoms with Crippen molar-refractivity contribution in [3.63, 3.8) is 0 Å². The molecule has 1 heterocycles. The Bertz CT molecular complexity index is 373. The highest BCUT2D eigenvalue weighted by Crippen LogP contribution is 2.20. The summed E-state index contributed by atoms with van der Waals surface area (Å²) < 4.78 is 0. The molecule has 0 aromatic heterocycles. The number of nitrogens with zero attached hydrogens (tertiary/aromatic N) is 3. The van der Waals surface area contributed by atoms with Crippen molar-refractivity contribution < 1.29 is 19.8 Å². The topological polar surface area (TPSA) is 84.3 Å². The van der Waals surface area contributed by atoms with Crippen molar-refractivity contribution in [3.8, 4) is 0 Å². The minimum absolute atomic E-state index is 0.103. The van der Waals surface area contributed by atoms with Gasteiger partial charge < -0.3 is 24.9 Å². The number of urea groups is 1. The van der Waals surface area contributed by atoms with Gasteiger partial charge in [0.1, 0.15) is 6.54 Å². The van der Waals surface area contributed by atoms with Gasteiger partial charge in [-0.15, -0.1) is 6.58 Å². The van der Waals surface area contributed by atoms with Gasteiger partial charge in [0.05, 0.1) is 6.10 Å². The second kappa shape index (κ2) is 7.25. The summed E-state index contributed by atoms with van der Waals surface area (Å²) in [6, 6.07) is -0.468. The number of hydrogen-bond acceptors (Lipinski definition) is 4. The molecule has 0 aromatic carbocycles. The third kappa shape index (κ3) is 4.50. The Morgan fingerprint density at radius 3 is 2.60 bits per heavy atom. The largest absolute Gasteiger partial charge is 0.480 e. The van der Waals surface area contributed by atoms with Gasteiger partial charge in [-0.25, -0.2) is 4.79 Å². The van der Waals surface area contributed by atoms with Crippen LogP contribution in [0.4, 0.5) is 4.79 Å². The number of aliphatic hydroxyl groups excluding tert-OH is 1. The third-order valence-electron chi connectivity index (χ3n) is 3.16. The lowest BCUT2D eigenvalue weighted by Crippen LogP contribution is -2.49. The van der Waals surface area contributed by atoms with Crippen LogP contribution in [0.25, 0.3) is 0 Å². The molecule has 1 aliphatic rings. The predicted octanol–water partition coefficient (Wildman–Crippen LogP) is -0.324. The van der Waals surface area contributed by atoms with Crippen LogP contribution in [0.2, 0.25) is 0 Å². The highest BCUT2D eigenvalue weighted by atomic mass is 16.4. The van der Waals surface area contributed by atoms with Gasteiger partial charge in [-0.05, 0) is 20.5 Å². The average Bonchev–Trinajstić information content (AvgIpc) is 2.67. The molecular formula is C13H23N3O4. The van der Waals surface area contributed by atoms with Crippen LogP contribution < -0.4 is 0 Å². The van der Waals surface area contributed by atoms with Gasteiger partial charge >= 0.3 is 12.0 Å². The fourth-order valence-electron chi connectivity index (χ4n) is 2.43. The molecular weight excluding hydrogens is 262 g/mol. The first-order chi connectivity index (χ1) is 9.35. The molecule has 1 rings (SSSR count). The monoisotopic (exact) mass is 285 g/mol. The van der Waals surface area contributed by atoms with E-state index in [4.69, 9.17) is 5.11 Å². The Kier molecular flexibility index (Phi) is 5.97. The van der Waals surface area contributed by atoms with Crippen LogP contribution >= 0.6 is 0 Å². The molecule has 0 radical (unpaired) electrons. The molecule has 2 atom stereocenters. The van der Waals surface area contributed by atoms with Crippen molar-refractivity contribution in [1.82, 2.24) is 14.7 Å². The van der Waals surface area contributed by atoms with Gasteiger partial charge in [0.2, 0.25) is 0 Å². The van der Waals surface area contributed by atoms with E-state index < -0.39 is 12.1 Å². The fourth-order valence-corrected chi connectivity index (χ4v) is 2.43. The highest BCUT2D eigenvalue weighted by molar-refractivity contribution is 5.80. The molecule has 0 bridgehead atoms. The predicted molar refractivity (Wildman–Crippen MR) is 74.5 cm³/mol. The van der Waals surface area contributed by atoms with E-state index in [0.29, 0.717) is 13.0 Å². The lowest BCUT2D eigenvalue weighted by Gasteiger charge is -2.31. The third-order valence-corrected chi connectivity index (χ3v) is 3.16. The smallest absolute Gasteiger partial charge is 0.323 e. The lowest BCUT2D eigenvalue weighted by molar-refractivity contribution is -0.137. The molecule has 20 heavy (non-hydrogen) atoms. The van der Waals surface area contributed by atoms with Crippen LogP contribution in [0.3, 0.4) is 0 Å². The summed E-state index contributed by atoms with van der Waals surface area (Å²) in [6.07, 6.45) is 1.45. The zero-order valence-corrected chi connectivity index (χ0v) is 12.0. The van der Waals surface area contributed by atoms with Crippen LogP contribution in [-0.4, -0.2) is 89.3 Å². The Balaban J connectivity index is 2.79. The molecule has 2 unspecified atom stereocenters. The molecule has 7 nitrogen and oxygen atoms in total. The van der Waals surface area contributed by atoms with Gasteiger partial charge in [-0.3, -0.25) is 4.79 Å². The zero-order chi connectivity index (χ0) is 15.3. The maximum atomic E-state index is 12.4. The number of carboxylic acids is 1. The Morgan fingerprint density at radius 1 is 1.45 bits per heavy atom. The number of rotatable bonds is 6. The number of hydrogen-bond donors (Lipinski definition) is 2. The number of aliphatic carboxylic acids is 1. The van der Waals surface area contributed by atoms with Crippen molar-refractivity contribution in [1.29, 1.82) is 0 Å². The molecule has 1 fully saturated rings. The van der Waals surface area contributed by atoms with E-state index in [2.05, 4.69) is 6.58 Å². The second-order valence-electron chi connectivity index (χ2n) is 5.30. The van der Waals surface area contributed by atoms with Gasteiger partial charge in [-0.1, -0.05) is 6.08 Å². The molecule has 7 heteroatoms. The van der Waals surface area contributed by atoms with Crippen molar-refractivity contribution in [2.24, 2.45) is 0 Å². The summed E-state index contributed by atoms with van der Waals surface area (Å²) in [4.78, 5) is 28.0. The van der Waals surface area contributed by atoms with E-state index >= 15 is 0 Å². The van der Waals surface area contributed by atoms with E-state index in [1.165, 1.54) is 11.0 Å². The first kappa shape index (κ1) is 16.5. The van der Waals surface area contributed by atoms with Gasteiger partial charge in [0, 0.05) is 25.7 Å². The van der Waals surface area contributed by atoms with Crippen LogP contribution in [0.1, 0.15) is 6.42 Å². The minimum atomic E-state index is -1.07. The molecule has 0 aliphatic carbocycles. The molecule has 1 aliphatic heterocycles. The van der Waals surface area contributed by atoms with E-state index in [1.54, 1.807) is 4.90 Å². The zero-order valence-electron chi connectivity index (χ0n) is 12.0. The van der Waals surface area contributed by atoms with Crippen molar-refractivity contribution >= 4 is 12.0 Å². The average molecular weight is 285 g/mol. The summed E-state index contributed by atoms with van der Waals surface area (Å²) in [6.45, 7) is 4.22. The molecule has 2 N–H and O–H groups in total. The van der Waals surface area contributed by atoms with Crippen molar-refractivity contribution in [2.75, 3.05) is 40.3 Å². The van der Waals surface area contributed by atoms with Crippen LogP contribution in [0.15, 0.2) is 12.7 Å². The van der Waals surface area contributed by atoms with Gasteiger partial charge in [0.25, 0.3) is 0 Å². The molecule has 0 aromatic rings. The van der Waals surface area contributed by atoms with Gasteiger partial charge in [0.15, 0.2) is 0 Å². The van der Waals surface area contributed by atoms with Crippen molar-refractivity contribution in [3.05, 3.63) is 12.7 Å². The number of β-amino-alcohol motifs (C(OH)–C–C–N with tert-alkyl or cyclic N) is 1. The quantitative estimate of drug-likeness (QED) is 0.653. The summed E-state index contributed by atoms with van der Waals surface area (Å²) in [7, 11) is 3.79. The SMILES string of the molecule is C=CCN(CC(=O)O)C(=O)N1CC(O)CC1CN(C)C. The van der Waals surface area contributed by atoms with E-state index in [9.17, 15) is 14.7 Å². The van der Waals surface area contributed by atoms with Crippen LogP contribution in [0, 0.1) is 0 Å².